The summed E-state index contributed by atoms with van der Waals surface area (Å²) in [5, 5.41) is 0. The predicted molar refractivity (Wildman–Crippen MR) is 46.3 cm³/mol. The van der Waals surface area contributed by atoms with Gasteiger partial charge in [0.25, 0.3) is 12.0 Å². The molecule has 2 nitrogen and oxygen atoms in total. The van der Waals surface area contributed by atoms with Gasteiger partial charge in [-0.25, -0.2) is 8.78 Å². The average molecular weight is 208 g/mol. The molecule has 0 aliphatic rings. The third-order valence-electron chi connectivity index (χ3n) is 1.89. The molecule has 1 N–H and O–H groups in total. The molecule has 1 heterocycles. The van der Waals surface area contributed by atoms with Crippen LogP contribution in [-0.4, -0.2) is 4.98 Å². The van der Waals surface area contributed by atoms with Gasteiger partial charge in [0.05, 0.1) is 5.88 Å². The summed E-state index contributed by atoms with van der Waals surface area (Å²) in [6.45, 7) is 1.47. The van der Waals surface area contributed by atoms with Crippen LogP contribution in [0.25, 0.3) is 0 Å². The Bertz CT molecular complexity index is 362. The molecule has 0 spiro atoms. The van der Waals surface area contributed by atoms with E-state index in [1.165, 1.54) is 6.92 Å². The van der Waals surface area contributed by atoms with Gasteiger partial charge in [0.2, 0.25) is 0 Å². The zero-order valence-electron chi connectivity index (χ0n) is 6.90. The molecule has 0 aliphatic carbocycles. The summed E-state index contributed by atoms with van der Waals surface area (Å²) < 4.78 is 24.6. The number of nitrogens with one attached hydrogen (secondary N) is 1. The first-order chi connectivity index (χ1) is 6.07. The van der Waals surface area contributed by atoms with Crippen molar-refractivity contribution in [2.45, 2.75) is 19.2 Å². The second-order valence-corrected chi connectivity index (χ2v) is 2.88. The number of aromatic nitrogens is 1. The molecule has 0 aromatic carbocycles. The molecule has 0 saturated carbocycles. The summed E-state index contributed by atoms with van der Waals surface area (Å²) in [6.07, 6.45) is -1.56. The van der Waals surface area contributed by atoms with Crippen molar-refractivity contribution in [3.8, 4) is 0 Å². The first-order valence-electron chi connectivity index (χ1n) is 3.63. The van der Waals surface area contributed by atoms with E-state index >= 15 is 0 Å². The second kappa shape index (κ2) is 3.87. The number of rotatable bonds is 2. The minimum absolute atomic E-state index is 0.0538. The van der Waals surface area contributed by atoms with Crippen molar-refractivity contribution < 1.29 is 8.78 Å². The van der Waals surface area contributed by atoms with Gasteiger partial charge in [-0.3, -0.25) is 4.79 Å². The van der Waals surface area contributed by atoms with Crippen LogP contribution in [0.3, 0.4) is 0 Å². The fourth-order valence-corrected chi connectivity index (χ4v) is 1.39. The fraction of sp³-hybridized carbons (Fsp3) is 0.375. The van der Waals surface area contributed by atoms with Crippen LogP contribution in [0.5, 0.6) is 0 Å². The van der Waals surface area contributed by atoms with E-state index in [2.05, 4.69) is 4.98 Å². The van der Waals surface area contributed by atoms with Gasteiger partial charge in [0.1, 0.15) is 0 Å². The molecular weight excluding hydrogens is 200 g/mol. The largest absolute Gasteiger partial charge is 0.328 e. The maximum absolute atomic E-state index is 12.3. The van der Waals surface area contributed by atoms with E-state index in [-0.39, 0.29) is 22.6 Å². The first kappa shape index (κ1) is 10.2. The highest BCUT2D eigenvalue weighted by Crippen LogP contribution is 2.22. The number of halogens is 3. The molecule has 5 heteroatoms. The molecule has 0 saturated heterocycles. The molecule has 0 bridgehead atoms. The Hall–Kier alpha value is -0.900. The highest BCUT2D eigenvalue weighted by atomic mass is 35.5. The van der Waals surface area contributed by atoms with E-state index < -0.39 is 12.0 Å². The minimum Gasteiger partial charge on any atom is -0.328 e. The zero-order valence-corrected chi connectivity index (χ0v) is 7.66. The average Bonchev–Trinajstić information content (AvgIpc) is 2.04. The van der Waals surface area contributed by atoms with Crippen molar-refractivity contribution in [3.05, 3.63) is 33.2 Å². The molecule has 0 radical (unpaired) electrons. The highest BCUT2D eigenvalue weighted by molar-refractivity contribution is 6.17. The Morgan fingerprint density at radius 1 is 1.62 bits per heavy atom. The molecular formula is C8H8ClF2NO. The number of hydrogen-bond donors (Lipinski definition) is 1. The quantitative estimate of drug-likeness (QED) is 0.742. The minimum atomic E-state index is -2.58. The topological polar surface area (TPSA) is 32.9 Å². The Balaban J connectivity index is 3.36. The Morgan fingerprint density at radius 3 is 2.69 bits per heavy atom. The van der Waals surface area contributed by atoms with E-state index in [4.69, 9.17) is 11.6 Å². The van der Waals surface area contributed by atoms with Gasteiger partial charge < -0.3 is 4.98 Å². The molecule has 1 aromatic rings. The summed E-state index contributed by atoms with van der Waals surface area (Å²) in [4.78, 5) is 13.3. The molecule has 0 unspecified atom stereocenters. The number of alkyl halides is 3. The lowest BCUT2D eigenvalue weighted by atomic mass is 10.1. The summed E-state index contributed by atoms with van der Waals surface area (Å²) in [6, 6.07) is 0. The van der Waals surface area contributed by atoms with E-state index in [1.54, 1.807) is 0 Å². The Morgan fingerprint density at radius 2 is 2.23 bits per heavy atom. The molecule has 0 fully saturated rings. The summed E-state index contributed by atoms with van der Waals surface area (Å²) in [5.41, 5.74) is -0.0969. The zero-order chi connectivity index (χ0) is 10.0. The first-order valence-corrected chi connectivity index (χ1v) is 4.16. The molecule has 1 aromatic heterocycles. The van der Waals surface area contributed by atoms with Gasteiger partial charge in [-0.15, -0.1) is 11.6 Å². The predicted octanol–water partition coefficient (Wildman–Crippen LogP) is 2.36. The van der Waals surface area contributed by atoms with Crippen LogP contribution < -0.4 is 5.56 Å². The van der Waals surface area contributed by atoms with Crippen molar-refractivity contribution in [2.24, 2.45) is 0 Å². The van der Waals surface area contributed by atoms with Gasteiger partial charge in [0, 0.05) is 17.3 Å². The lowest BCUT2D eigenvalue weighted by Crippen LogP contribution is -2.14. The van der Waals surface area contributed by atoms with Crippen molar-refractivity contribution in [3.63, 3.8) is 0 Å². The van der Waals surface area contributed by atoms with Crippen LogP contribution in [0.1, 0.15) is 23.1 Å². The van der Waals surface area contributed by atoms with Gasteiger partial charge in [-0.1, -0.05) is 0 Å². The highest BCUT2D eigenvalue weighted by Gasteiger charge is 2.14. The number of pyridine rings is 1. The van der Waals surface area contributed by atoms with Crippen LogP contribution in [0.4, 0.5) is 8.78 Å². The van der Waals surface area contributed by atoms with E-state index in [0.29, 0.717) is 0 Å². The SMILES string of the molecule is Cc1c(C(F)F)c[nH]c(=O)c1CCl. The van der Waals surface area contributed by atoms with Crippen molar-refractivity contribution in [1.29, 1.82) is 0 Å². The van der Waals surface area contributed by atoms with E-state index in [1.807, 2.05) is 0 Å². The van der Waals surface area contributed by atoms with Crippen molar-refractivity contribution in [1.82, 2.24) is 4.98 Å². The second-order valence-electron chi connectivity index (χ2n) is 2.61. The van der Waals surface area contributed by atoms with Gasteiger partial charge in [-0.2, -0.15) is 0 Å². The number of aromatic amines is 1. The molecule has 0 aliphatic heterocycles. The van der Waals surface area contributed by atoms with Crippen LogP contribution >= 0.6 is 11.6 Å². The molecule has 72 valence electrons. The van der Waals surface area contributed by atoms with E-state index in [0.717, 1.165) is 6.20 Å². The summed E-state index contributed by atoms with van der Waals surface area (Å²) in [5.74, 6) is -0.0538. The van der Waals surface area contributed by atoms with Crippen molar-refractivity contribution >= 4 is 11.6 Å². The standard InChI is InChI=1S/C8H8ClF2NO/c1-4-5(2-9)8(13)12-3-6(4)7(10)11/h3,7H,2H2,1H3,(H,12,13). The molecule has 13 heavy (non-hydrogen) atoms. The van der Waals surface area contributed by atoms with Crippen LogP contribution in [0, 0.1) is 6.92 Å². The van der Waals surface area contributed by atoms with E-state index in [9.17, 15) is 13.6 Å². The third kappa shape index (κ3) is 1.88. The normalized spacial score (nSPS) is 10.8. The third-order valence-corrected chi connectivity index (χ3v) is 2.15. The lowest BCUT2D eigenvalue weighted by molar-refractivity contribution is 0.150. The number of H-pyrrole nitrogens is 1. The number of hydrogen-bond acceptors (Lipinski definition) is 1. The van der Waals surface area contributed by atoms with Crippen molar-refractivity contribution in [2.75, 3.05) is 0 Å². The lowest BCUT2D eigenvalue weighted by Gasteiger charge is -2.06. The van der Waals surface area contributed by atoms with Gasteiger partial charge in [0.15, 0.2) is 0 Å². The maximum Gasteiger partial charge on any atom is 0.265 e. The molecule has 1 rings (SSSR count). The van der Waals surface area contributed by atoms with Crippen LogP contribution in [-0.2, 0) is 5.88 Å². The van der Waals surface area contributed by atoms with Gasteiger partial charge >= 0.3 is 0 Å². The monoisotopic (exact) mass is 207 g/mol. The van der Waals surface area contributed by atoms with Crippen LogP contribution in [0.15, 0.2) is 11.0 Å². The fourth-order valence-electron chi connectivity index (χ4n) is 1.07. The Labute approximate surface area is 78.5 Å². The smallest absolute Gasteiger partial charge is 0.265 e. The van der Waals surface area contributed by atoms with Crippen LogP contribution in [0.2, 0.25) is 0 Å². The molecule has 0 amide bonds. The molecule has 0 atom stereocenters. The summed E-state index contributed by atoms with van der Waals surface area (Å²) >= 11 is 5.45. The Kier molecular flexibility index (Phi) is 3.03. The maximum atomic E-state index is 12.3. The van der Waals surface area contributed by atoms with Gasteiger partial charge in [-0.05, 0) is 12.5 Å². The summed E-state index contributed by atoms with van der Waals surface area (Å²) in [7, 11) is 0.